The first-order chi connectivity index (χ1) is 9.20. The number of carbonyl (C=O) groups excluding carboxylic acids is 2. The van der Waals surface area contributed by atoms with Crippen LogP contribution in [0.5, 0.6) is 0 Å². The van der Waals surface area contributed by atoms with Gasteiger partial charge in [-0.05, 0) is 32.2 Å². The minimum absolute atomic E-state index is 0.00721. The number of nitrogens with one attached hydrogen (secondary N) is 2. The molecule has 2 atom stereocenters. The van der Waals surface area contributed by atoms with Crippen molar-refractivity contribution in [1.82, 2.24) is 15.5 Å². The van der Waals surface area contributed by atoms with Crippen LogP contribution in [-0.2, 0) is 9.59 Å². The van der Waals surface area contributed by atoms with Gasteiger partial charge in [0.05, 0.1) is 0 Å². The fraction of sp³-hybridized carbons (Fsp3) is 0.857. The Labute approximate surface area is 115 Å². The summed E-state index contributed by atoms with van der Waals surface area (Å²) >= 11 is 0. The number of carbonyl (C=O) groups is 2. The molecule has 2 aliphatic rings. The molecular formula is C14H25N3O2. The summed E-state index contributed by atoms with van der Waals surface area (Å²) in [5.41, 5.74) is 0. The average Bonchev–Trinajstić information content (AvgIpc) is 3.05. The molecule has 0 aliphatic carbocycles. The highest BCUT2D eigenvalue weighted by atomic mass is 16.2. The van der Waals surface area contributed by atoms with Crippen molar-refractivity contribution in [2.75, 3.05) is 19.6 Å². The summed E-state index contributed by atoms with van der Waals surface area (Å²) in [5, 5.41) is 6.22. The molecule has 19 heavy (non-hydrogen) atoms. The zero-order chi connectivity index (χ0) is 13.7. The molecule has 0 aromatic carbocycles. The number of hydrogen-bond donors (Lipinski definition) is 2. The van der Waals surface area contributed by atoms with Crippen LogP contribution in [0.1, 0.15) is 45.4 Å². The monoisotopic (exact) mass is 267 g/mol. The Balaban J connectivity index is 1.90. The molecule has 0 spiro atoms. The summed E-state index contributed by atoms with van der Waals surface area (Å²) in [7, 11) is 0. The summed E-state index contributed by atoms with van der Waals surface area (Å²) in [4.78, 5) is 25.7. The Kier molecular flexibility index (Phi) is 5.19. The van der Waals surface area contributed by atoms with Crippen LogP contribution in [0.15, 0.2) is 0 Å². The highest BCUT2D eigenvalue weighted by molar-refractivity contribution is 5.90. The molecule has 0 aromatic rings. The van der Waals surface area contributed by atoms with Crippen molar-refractivity contribution in [3.63, 3.8) is 0 Å². The van der Waals surface area contributed by atoms with E-state index >= 15 is 0 Å². The van der Waals surface area contributed by atoms with Crippen molar-refractivity contribution in [2.24, 2.45) is 0 Å². The zero-order valence-electron chi connectivity index (χ0n) is 11.8. The molecule has 2 fully saturated rings. The summed E-state index contributed by atoms with van der Waals surface area (Å²) in [6, 6.07) is 0.142. The van der Waals surface area contributed by atoms with E-state index in [0.29, 0.717) is 18.9 Å². The molecule has 2 unspecified atom stereocenters. The molecule has 0 saturated carbocycles. The minimum atomic E-state index is -0.286. The van der Waals surface area contributed by atoms with Gasteiger partial charge in [-0.1, -0.05) is 13.3 Å². The maximum absolute atomic E-state index is 12.5. The van der Waals surface area contributed by atoms with Crippen molar-refractivity contribution >= 4 is 11.8 Å². The van der Waals surface area contributed by atoms with E-state index in [-0.39, 0.29) is 17.9 Å². The third-order valence-electron chi connectivity index (χ3n) is 3.99. The average molecular weight is 267 g/mol. The first kappa shape index (κ1) is 14.3. The van der Waals surface area contributed by atoms with Crippen molar-refractivity contribution in [1.29, 1.82) is 0 Å². The molecule has 2 aliphatic heterocycles. The third kappa shape index (κ3) is 3.93. The predicted molar refractivity (Wildman–Crippen MR) is 73.7 cm³/mol. The van der Waals surface area contributed by atoms with Gasteiger partial charge >= 0.3 is 0 Å². The quantitative estimate of drug-likeness (QED) is 0.742. The Bertz CT molecular complexity index is 327. The van der Waals surface area contributed by atoms with E-state index in [4.69, 9.17) is 0 Å². The van der Waals surface area contributed by atoms with Crippen molar-refractivity contribution in [3.05, 3.63) is 0 Å². The second-order valence-electron chi connectivity index (χ2n) is 5.59. The molecule has 0 bridgehead atoms. The molecule has 2 saturated heterocycles. The minimum Gasteiger partial charge on any atom is -0.344 e. The number of hydrogen-bond acceptors (Lipinski definition) is 3. The maximum Gasteiger partial charge on any atom is 0.245 e. The van der Waals surface area contributed by atoms with E-state index in [2.05, 4.69) is 17.6 Å². The Hall–Kier alpha value is -1.10. The molecule has 108 valence electrons. The summed E-state index contributed by atoms with van der Waals surface area (Å²) < 4.78 is 0. The normalized spacial score (nSPS) is 26.5. The molecule has 5 nitrogen and oxygen atoms in total. The second-order valence-corrected chi connectivity index (χ2v) is 5.59. The first-order valence-electron chi connectivity index (χ1n) is 7.52. The van der Waals surface area contributed by atoms with Gasteiger partial charge in [0.2, 0.25) is 11.8 Å². The highest BCUT2D eigenvalue weighted by Crippen LogP contribution is 2.13. The van der Waals surface area contributed by atoms with Crippen LogP contribution in [-0.4, -0.2) is 48.4 Å². The molecule has 2 amide bonds. The molecule has 5 heteroatoms. The van der Waals surface area contributed by atoms with Gasteiger partial charge in [0.1, 0.15) is 6.04 Å². The van der Waals surface area contributed by atoms with E-state index in [1.165, 1.54) is 6.42 Å². The molecule has 2 heterocycles. The molecular weight excluding hydrogens is 242 g/mol. The first-order valence-corrected chi connectivity index (χ1v) is 7.52. The van der Waals surface area contributed by atoms with Gasteiger partial charge in [-0.25, -0.2) is 0 Å². The predicted octanol–water partition coefficient (Wildman–Crippen LogP) is 0.646. The fourth-order valence-corrected chi connectivity index (χ4v) is 2.84. The van der Waals surface area contributed by atoms with Gasteiger partial charge in [-0.15, -0.1) is 0 Å². The van der Waals surface area contributed by atoms with Gasteiger partial charge in [-0.3, -0.25) is 9.59 Å². The van der Waals surface area contributed by atoms with E-state index in [0.717, 1.165) is 38.9 Å². The smallest absolute Gasteiger partial charge is 0.245 e. The third-order valence-corrected chi connectivity index (χ3v) is 3.99. The topological polar surface area (TPSA) is 61.4 Å². The van der Waals surface area contributed by atoms with Gasteiger partial charge in [0.15, 0.2) is 0 Å². The summed E-state index contributed by atoms with van der Waals surface area (Å²) in [5.74, 6) is 0.112. The van der Waals surface area contributed by atoms with Crippen LogP contribution in [0.4, 0.5) is 0 Å². The SMILES string of the molecule is CCCCN(CC1CCCN1)C(=O)C1CCC(=O)N1. The van der Waals surface area contributed by atoms with Crippen LogP contribution in [0.25, 0.3) is 0 Å². The second kappa shape index (κ2) is 6.89. The van der Waals surface area contributed by atoms with Crippen LogP contribution in [0, 0.1) is 0 Å². The lowest BCUT2D eigenvalue weighted by atomic mass is 10.1. The fourth-order valence-electron chi connectivity index (χ4n) is 2.84. The van der Waals surface area contributed by atoms with E-state index in [1.54, 1.807) is 0 Å². The van der Waals surface area contributed by atoms with E-state index in [9.17, 15) is 9.59 Å². The molecule has 0 aromatic heterocycles. The maximum atomic E-state index is 12.5. The summed E-state index contributed by atoms with van der Waals surface area (Å²) in [6.45, 7) is 4.78. The van der Waals surface area contributed by atoms with Crippen molar-refractivity contribution in [3.8, 4) is 0 Å². The molecule has 2 N–H and O–H groups in total. The van der Waals surface area contributed by atoms with Gasteiger partial charge in [0.25, 0.3) is 0 Å². The number of nitrogens with zero attached hydrogens (tertiary/aromatic N) is 1. The lowest BCUT2D eigenvalue weighted by molar-refractivity contribution is -0.134. The van der Waals surface area contributed by atoms with Crippen LogP contribution >= 0.6 is 0 Å². The van der Waals surface area contributed by atoms with E-state index < -0.39 is 0 Å². The lowest BCUT2D eigenvalue weighted by Gasteiger charge is -2.28. The van der Waals surface area contributed by atoms with Gasteiger partial charge < -0.3 is 15.5 Å². The van der Waals surface area contributed by atoms with Gasteiger partial charge in [-0.2, -0.15) is 0 Å². The van der Waals surface area contributed by atoms with Crippen molar-refractivity contribution in [2.45, 2.75) is 57.5 Å². The van der Waals surface area contributed by atoms with Crippen LogP contribution < -0.4 is 10.6 Å². The molecule has 2 rings (SSSR count). The van der Waals surface area contributed by atoms with E-state index in [1.807, 2.05) is 4.90 Å². The number of unbranched alkanes of at least 4 members (excludes halogenated alkanes) is 1. The standard InChI is InChI=1S/C14H25N3O2/c1-2-3-9-17(10-11-5-4-8-15-11)14(19)12-6-7-13(18)16-12/h11-12,15H,2-10H2,1H3,(H,16,18). The zero-order valence-corrected chi connectivity index (χ0v) is 11.8. The summed E-state index contributed by atoms with van der Waals surface area (Å²) in [6.07, 6.45) is 5.59. The van der Waals surface area contributed by atoms with Crippen LogP contribution in [0.3, 0.4) is 0 Å². The Morgan fingerprint density at radius 1 is 1.42 bits per heavy atom. The number of rotatable bonds is 6. The van der Waals surface area contributed by atoms with Gasteiger partial charge in [0, 0.05) is 25.6 Å². The molecule has 0 radical (unpaired) electrons. The lowest BCUT2D eigenvalue weighted by Crippen LogP contribution is -2.48. The largest absolute Gasteiger partial charge is 0.344 e. The van der Waals surface area contributed by atoms with Crippen molar-refractivity contribution < 1.29 is 9.59 Å². The highest BCUT2D eigenvalue weighted by Gasteiger charge is 2.31. The number of amides is 2. The Morgan fingerprint density at radius 3 is 2.84 bits per heavy atom. The Morgan fingerprint density at radius 2 is 2.26 bits per heavy atom. The van der Waals surface area contributed by atoms with Crippen LogP contribution in [0.2, 0.25) is 0 Å².